The second-order valence-electron chi connectivity index (χ2n) is 5.59. The zero-order chi connectivity index (χ0) is 14.1. The number of nitrogens with zero attached hydrogens (tertiary/aromatic N) is 1. The zero-order valence-electron chi connectivity index (χ0n) is 12.6. The molecule has 1 amide bonds. The average Bonchev–Trinajstić information content (AvgIpc) is 2.68. The second kappa shape index (κ2) is 9.32. The first-order chi connectivity index (χ1) is 9.20. The van der Waals surface area contributed by atoms with Crippen molar-refractivity contribution in [2.45, 2.75) is 70.4 Å². The Kier molecular flexibility index (Phi) is 8.07. The van der Waals surface area contributed by atoms with Gasteiger partial charge in [-0.3, -0.25) is 4.79 Å². The van der Waals surface area contributed by atoms with E-state index in [4.69, 9.17) is 10.5 Å². The van der Waals surface area contributed by atoms with Crippen molar-refractivity contribution in [3.05, 3.63) is 0 Å². The number of methoxy groups -OCH3 is 1. The molecule has 0 aliphatic heterocycles. The normalized spacial score (nSPS) is 18.9. The zero-order valence-corrected chi connectivity index (χ0v) is 12.6. The molecule has 1 rings (SSSR count). The molecule has 4 heteroatoms. The molecular formula is C15H30N2O2. The molecule has 0 radical (unpaired) electrons. The molecule has 0 aromatic heterocycles. The van der Waals surface area contributed by atoms with Gasteiger partial charge in [0.05, 0.1) is 6.61 Å². The molecule has 112 valence electrons. The van der Waals surface area contributed by atoms with Crippen molar-refractivity contribution in [1.29, 1.82) is 0 Å². The van der Waals surface area contributed by atoms with Crippen LogP contribution < -0.4 is 5.73 Å². The number of hydrogen-bond donors (Lipinski definition) is 1. The van der Waals surface area contributed by atoms with E-state index in [9.17, 15) is 4.79 Å². The van der Waals surface area contributed by atoms with Crippen LogP contribution in [0.3, 0.4) is 0 Å². The quantitative estimate of drug-likeness (QED) is 0.722. The molecule has 19 heavy (non-hydrogen) atoms. The summed E-state index contributed by atoms with van der Waals surface area (Å²) < 4.78 is 5.02. The van der Waals surface area contributed by atoms with Crippen LogP contribution in [0.4, 0.5) is 0 Å². The summed E-state index contributed by atoms with van der Waals surface area (Å²) in [5.74, 6) is 0.0715. The van der Waals surface area contributed by atoms with Crippen LogP contribution in [0.5, 0.6) is 0 Å². The molecule has 0 aromatic carbocycles. The maximum atomic E-state index is 12.5. The largest absolute Gasteiger partial charge is 0.383 e. The van der Waals surface area contributed by atoms with Crippen molar-refractivity contribution in [2.24, 2.45) is 5.73 Å². The topological polar surface area (TPSA) is 55.6 Å². The minimum absolute atomic E-state index is 0.0715. The Labute approximate surface area is 117 Å². The summed E-state index contributed by atoms with van der Waals surface area (Å²) >= 11 is 0. The number of amides is 1. The Morgan fingerprint density at radius 3 is 2.47 bits per heavy atom. The number of ether oxygens (including phenoxy) is 1. The van der Waals surface area contributed by atoms with E-state index < -0.39 is 6.04 Å². The van der Waals surface area contributed by atoms with Gasteiger partial charge in [-0.05, 0) is 19.3 Å². The molecule has 0 bridgehead atoms. The molecular weight excluding hydrogens is 240 g/mol. The van der Waals surface area contributed by atoms with Gasteiger partial charge in [0.2, 0.25) is 5.91 Å². The molecule has 0 spiro atoms. The fraction of sp³-hybridized carbons (Fsp3) is 0.933. The summed E-state index contributed by atoms with van der Waals surface area (Å²) in [7, 11) is 1.59. The maximum absolute atomic E-state index is 12.5. The van der Waals surface area contributed by atoms with Crippen molar-refractivity contribution in [2.75, 3.05) is 20.3 Å². The Morgan fingerprint density at radius 1 is 1.32 bits per heavy atom. The summed E-state index contributed by atoms with van der Waals surface area (Å²) in [4.78, 5) is 14.5. The summed E-state index contributed by atoms with van der Waals surface area (Å²) in [6.45, 7) is 3.32. The number of unbranched alkanes of at least 4 members (excludes halogenated alkanes) is 1. The average molecular weight is 270 g/mol. The highest BCUT2D eigenvalue weighted by molar-refractivity contribution is 5.82. The Hall–Kier alpha value is -0.610. The van der Waals surface area contributed by atoms with E-state index >= 15 is 0 Å². The van der Waals surface area contributed by atoms with Crippen molar-refractivity contribution in [1.82, 2.24) is 4.90 Å². The lowest BCUT2D eigenvalue weighted by molar-refractivity contribution is -0.136. The van der Waals surface area contributed by atoms with Gasteiger partial charge in [0, 0.05) is 19.7 Å². The van der Waals surface area contributed by atoms with Crippen molar-refractivity contribution in [3.8, 4) is 0 Å². The van der Waals surface area contributed by atoms with Crippen LogP contribution in [0.1, 0.15) is 58.3 Å². The van der Waals surface area contributed by atoms with E-state index in [-0.39, 0.29) is 5.91 Å². The molecule has 1 aliphatic carbocycles. The Bertz CT molecular complexity index is 251. The lowest BCUT2D eigenvalue weighted by Crippen LogP contribution is -2.50. The monoisotopic (exact) mass is 270 g/mol. The van der Waals surface area contributed by atoms with Crippen LogP contribution in [0.25, 0.3) is 0 Å². The lowest BCUT2D eigenvalue weighted by Gasteiger charge is -2.33. The van der Waals surface area contributed by atoms with E-state index in [2.05, 4.69) is 6.92 Å². The predicted octanol–water partition coefficient (Wildman–Crippen LogP) is 2.31. The number of carbonyl (C=O) groups excluding carboxylic acids is 1. The molecule has 1 saturated carbocycles. The molecule has 0 heterocycles. The van der Waals surface area contributed by atoms with Gasteiger partial charge in [0.25, 0.3) is 0 Å². The van der Waals surface area contributed by atoms with Gasteiger partial charge in [-0.1, -0.05) is 39.0 Å². The first kappa shape index (κ1) is 16.4. The van der Waals surface area contributed by atoms with E-state index in [1.807, 2.05) is 4.90 Å². The highest BCUT2D eigenvalue weighted by Gasteiger charge is 2.27. The third-order valence-electron chi connectivity index (χ3n) is 3.96. The highest BCUT2D eigenvalue weighted by Crippen LogP contribution is 2.22. The Morgan fingerprint density at radius 2 is 1.95 bits per heavy atom. The third-order valence-corrected chi connectivity index (χ3v) is 3.96. The minimum atomic E-state index is -0.509. The molecule has 1 atom stereocenters. The summed E-state index contributed by atoms with van der Waals surface area (Å²) in [6, 6.07) is -0.116. The van der Waals surface area contributed by atoms with Gasteiger partial charge in [-0.15, -0.1) is 0 Å². The molecule has 1 aliphatic rings. The highest BCUT2D eigenvalue weighted by atomic mass is 16.5. The predicted molar refractivity (Wildman–Crippen MR) is 78.0 cm³/mol. The summed E-state index contributed by atoms with van der Waals surface area (Å²) in [6.07, 6.45) is 9.51. The molecule has 2 N–H and O–H groups in total. The molecule has 1 fully saturated rings. The minimum Gasteiger partial charge on any atom is -0.383 e. The van der Waals surface area contributed by atoms with Crippen LogP contribution in [-0.2, 0) is 9.53 Å². The van der Waals surface area contributed by atoms with Gasteiger partial charge in [-0.2, -0.15) is 0 Å². The van der Waals surface area contributed by atoms with E-state index in [1.165, 1.54) is 25.7 Å². The SMILES string of the molecule is CCCCN(C(=O)[C@@H](N)COC)C1CCCCCC1. The van der Waals surface area contributed by atoms with Crippen molar-refractivity contribution >= 4 is 5.91 Å². The fourth-order valence-corrected chi connectivity index (χ4v) is 2.83. The third kappa shape index (κ3) is 5.49. The first-order valence-electron chi connectivity index (χ1n) is 7.75. The van der Waals surface area contributed by atoms with E-state index in [1.54, 1.807) is 7.11 Å². The van der Waals surface area contributed by atoms with Crippen molar-refractivity contribution < 1.29 is 9.53 Å². The molecule has 0 saturated heterocycles. The fourth-order valence-electron chi connectivity index (χ4n) is 2.83. The standard InChI is InChI=1S/C15H30N2O2/c1-3-4-11-17(15(18)14(16)12-19-2)13-9-7-5-6-8-10-13/h13-14H,3-12,16H2,1-2H3/t14-/m0/s1. The Balaban J connectivity index is 2.65. The summed E-state index contributed by atoms with van der Waals surface area (Å²) in [5.41, 5.74) is 5.93. The molecule has 0 unspecified atom stereocenters. The van der Waals surface area contributed by atoms with Gasteiger partial charge in [-0.25, -0.2) is 0 Å². The van der Waals surface area contributed by atoms with E-state index in [0.29, 0.717) is 12.6 Å². The van der Waals surface area contributed by atoms with Gasteiger partial charge >= 0.3 is 0 Å². The number of hydrogen-bond acceptors (Lipinski definition) is 3. The number of nitrogens with two attached hydrogens (primary N) is 1. The van der Waals surface area contributed by atoms with Gasteiger partial charge in [0.1, 0.15) is 6.04 Å². The van der Waals surface area contributed by atoms with Crippen LogP contribution in [0.15, 0.2) is 0 Å². The summed E-state index contributed by atoms with van der Waals surface area (Å²) in [5, 5.41) is 0. The first-order valence-corrected chi connectivity index (χ1v) is 7.75. The molecule has 4 nitrogen and oxygen atoms in total. The van der Waals surface area contributed by atoms with Gasteiger partial charge < -0.3 is 15.4 Å². The van der Waals surface area contributed by atoms with E-state index in [0.717, 1.165) is 32.2 Å². The van der Waals surface area contributed by atoms with Gasteiger partial charge in [0.15, 0.2) is 0 Å². The second-order valence-corrected chi connectivity index (χ2v) is 5.59. The lowest BCUT2D eigenvalue weighted by atomic mass is 10.1. The number of carbonyl (C=O) groups is 1. The molecule has 0 aromatic rings. The van der Waals surface area contributed by atoms with Crippen LogP contribution in [0, 0.1) is 0 Å². The van der Waals surface area contributed by atoms with Crippen LogP contribution >= 0.6 is 0 Å². The van der Waals surface area contributed by atoms with Crippen LogP contribution in [0.2, 0.25) is 0 Å². The smallest absolute Gasteiger partial charge is 0.242 e. The number of rotatable bonds is 7. The van der Waals surface area contributed by atoms with Crippen LogP contribution in [-0.4, -0.2) is 43.2 Å². The maximum Gasteiger partial charge on any atom is 0.242 e. The van der Waals surface area contributed by atoms with Crippen molar-refractivity contribution in [3.63, 3.8) is 0 Å².